The Hall–Kier alpha value is -3.24. The number of aryl methyl sites for hydroxylation is 2. The minimum Gasteiger partial charge on any atom is -0.352 e. The number of rotatable bonds is 6. The smallest absolute Gasteiger partial charge is 0.155 e. The first-order valence-electron chi connectivity index (χ1n) is 10.5. The molecule has 0 radical (unpaired) electrons. The predicted molar refractivity (Wildman–Crippen MR) is 117 cm³/mol. The molecule has 1 aromatic carbocycles. The molecule has 2 aromatic heterocycles. The quantitative estimate of drug-likeness (QED) is 0.632. The summed E-state index contributed by atoms with van der Waals surface area (Å²) in [6.45, 7) is 9.84. The molecular weight excluding hydrogens is 374 g/mol. The van der Waals surface area contributed by atoms with E-state index in [0.717, 1.165) is 67.6 Å². The number of benzene rings is 1. The standard InChI is InChI=1S/C23H27N7/c1-3-30-17-21(18(2)27-30)16-28-12-14-29(15-13-28)23-22(25-10-11-26-23)20-6-4-19(5-7-20)8-9-24/h4-7,10-11,17H,3,8,12-16H2,1-2H3. The van der Waals surface area contributed by atoms with Crippen molar-refractivity contribution >= 4 is 5.82 Å². The molecule has 7 heteroatoms. The van der Waals surface area contributed by atoms with Gasteiger partial charge in [0.2, 0.25) is 0 Å². The maximum absolute atomic E-state index is 8.88. The van der Waals surface area contributed by atoms with Crippen LogP contribution in [0.4, 0.5) is 5.82 Å². The van der Waals surface area contributed by atoms with E-state index in [1.165, 1.54) is 5.56 Å². The minimum atomic E-state index is 0.423. The average molecular weight is 402 g/mol. The van der Waals surface area contributed by atoms with E-state index in [0.29, 0.717) is 6.42 Å². The molecule has 0 amide bonds. The van der Waals surface area contributed by atoms with Gasteiger partial charge in [-0.25, -0.2) is 4.98 Å². The van der Waals surface area contributed by atoms with Crippen LogP contribution in [0.5, 0.6) is 0 Å². The number of piperazine rings is 1. The molecule has 0 saturated carbocycles. The van der Waals surface area contributed by atoms with E-state index in [-0.39, 0.29) is 0 Å². The molecule has 3 aromatic rings. The van der Waals surface area contributed by atoms with Gasteiger partial charge in [-0.15, -0.1) is 0 Å². The average Bonchev–Trinajstić information content (AvgIpc) is 3.14. The van der Waals surface area contributed by atoms with Crippen molar-refractivity contribution in [3.8, 4) is 17.3 Å². The highest BCUT2D eigenvalue weighted by Crippen LogP contribution is 2.28. The number of hydrogen-bond acceptors (Lipinski definition) is 6. The van der Waals surface area contributed by atoms with Gasteiger partial charge in [0, 0.05) is 69.0 Å². The normalized spacial score (nSPS) is 14.6. The summed E-state index contributed by atoms with van der Waals surface area (Å²) >= 11 is 0. The van der Waals surface area contributed by atoms with Gasteiger partial charge in [-0.3, -0.25) is 14.6 Å². The molecule has 0 atom stereocenters. The Bertz CT molecular complexity index is 1020. The van der Waals surface area contributed by atoms with Gasteiger partial charge >= 0.3 is 0 Å². The molecule has 154 valence electrons. The summed E-state index contributed by atoms with van der Waals surface area (Å²) in [5.41, 5.74) is 5.37. The van der Waals surface area contributed by atoms with Crippen LogP contribution in [0.1, 0.15) is 23.7 Å². The van der Waals surface area contributed by atoms with E-state index in [4.69, 9.17) is 5.26 Å². The summed E-state index contributed by atoms with van der Waals surface area (Å²) in [7, 11) is 0. The van der Waals surface area contributed by atoms with E-state index in [1.54, 1.807) is 12.4 Å². The molecule has 0 N–H and O–H groups in total. The third-order valence-corrected chi connectivity index (χ3v) is 5.63. The van der Waals surface area contributed by atoms with Crippen LogP contribution in [0.25, 0.3) is 11.3 Å². The van der Waals surface area contributed by atoms with Crippen molar-refractivity contribution in [3.63, 3.8) is 0 Å². The zero-order valence-electron chi connectivity index (χ0n) is 17.6. The van der Waals surface area contributed by atoms with E-state index in [2.05, 4.69) is 51.0 Å². The van der Waals surface area contributed by atoms with Gasteiger partial charge in [-0.1, -0.05) is 24.3 Å². The van der Waals surface area contributed by atoms with Crippen LogP contribution in [-0.2, 0) is 19.5 Å². The Morgan fingerprint density at radius 2 is 1.77 bits per heavy atom. The Kier molecular flexibility index (Phi) is 6.05. The van der Waals surface area contributed by atoms with Crippen LogP contribution in [0.3, 0.4) is 0 Å². The maximum atomic E-state index is 8.88. The van der Waals surface area contributed by atoms with Gasteiger partial charge in [-0.05, 0) is 19.4 Å². The first-order valence-corrected chi connectivity index (χ1v) is 10.5. The Morgan fingerprint density at radius 3 is 2.43 bits per heavy atom. The third-order valence-electron chi connectivity index (χ3n) is 5.63. The fraction of sp³-hybridized carbons (Fsp3) is 0.391. The van der Waals surface area contributed by atoms with Crippen LogP contribution in [-0.4, -0.2) is 50.8 Å². The monoisotopic (exact) mass is 401 g/mol. The van der Waals surface area contributed by atoms with Crippen LogP contribution < -0.4 is 4.90 Å². The molecule has 3 heterocycles. The second-order valence-corrected chi connectivity index (χ2v) is 7.62. The zero-order valence-corrected chi connectivity index (χ0v) is 17.6. The van der Waals surface area contributed by atoms with Crippen molar-refractivity contribution in [3.05, 3.63) is 59.7 Å². The summed E-state index contributed by atoms with van der Waals surface area (Å²) in [5, 5.41) is 13.4. The molecule has 1 saturated heterocycles. The van der Waals surface area contributed by atoms with Gasteiger partial charge in [0.15, 0.2) is 5.82 Å². The lowest BCUT2D eigenvalue weighted by Gasteiger charge is -2.35. The molecular formula is C23H27N7. The summed E-state index contributed by atoms with van der Waals surface area (Å²) in [6.07, 6.45) is 6.09. The second-order valence-electron chi connectivity index (χ2n) is 7.62. The van der Waals surface area contributed by atoms with E-state index in [9.17, 15) is 0 Å². The van der Waals surface area contributed by atoms with Crippen molar-refractivity contribution < 1.29 is 0 Å². The van der Waals surface area contributed by atoms with Gasteiger partial charge in [0.05, 0.1) is 18.2 Å². The number of nitrogens with zero attached hydrogens (tertiary/aromatic N) is 7. The number of nitriles is 1. The topological polar surface area (TPSA) is 73.9 Å². The highest BCUT2D eigenvalue weighted by molar-refractivity contribution is 5.72. The van der Waals surface area contributed by atoms with Crippen LogP contribution in [0.15, 0.2) is 42.9 Å². The lowest BCUT2D eigenvalue weighted by atomic mass is 10.1. The molecule has 30 heavy (non-hydrogen) atoms. The minimum absolute atomic E-state index is 0.423. The second kappa shape index (κ2) is 9.06. The number of hydrogen-bond donors (Lipinski definition) is 0. The number of aromatic nitrogens is 4. The molecule has 1 aliphatic rings. The molecule has 1 aliphatic heterocycles. The first kappa shape index (κ1) is 20.0. The van der Waals surface area contributed by atoms with E-state index < -0.39 is 0 Å². The summed E-state index contributed by atoms with van der Waals surface area (Å²) in [4.78, 5) is 14.1. The molecule has 0 bridgehead atoms. The highest BCUT2D eigenvalue weighted by Gasteiger charge is 2.22. The Balaban J connectivity index is 1.45. The third kappa shape index (κ3) is 4.34. The van der Waals surface area contributed by atoms with Crippen molar-refractivity contribution in [1.82, 2.24) is 24.6 Å². The molecule has 4 rings (SSSR count). The summed E-state index contributed by atoms with van der Waals surface area (Å²) in [6, 6.07) is 10.2. The fourth-order valence-corrected chi connectivity index (χ4v) is 3.87. The SMILES string of the molecule is CCn1cc(CN2CCN(c3nccnc3-c3ccc(CC#N)cc3)CC2)c(C)n1. The van der Waals surface area contributed by atoms with Gasteiger partial charge in [0.25, 0.3) is 0 Å². The largest absolute Gasteiger partial charge is 0.352 e. The Morgan fingerprint density at radius 1 is 1.03 bits per heavy atom. The zero-order chi connectivity index (χ0) is 20.9. The van der Waals surface area contributed by atoms with Gasteiger partial charge in [-0.2, -0.15) is 10.4 Å². The van der Waals surface area contributed by atoms with Crippen molar-refractivity contribution in [1.29, 1.82) is 5.26 Å². The predicted octanol–water partition coefficient (Wildman–Crippen LogP) is 3.06. The van der Waals surface area contributed by atoms with E-state index >= 15 is 0 Å². The van der Waals surface area contributed by atoms with Crippen LogP contribution in [0.2, 0.25) is 0 Å². The van der Waals surface area contributed by atoms with Crippen molar-refractivity contribution in [2.75, 3.05) is 31.1 Å². The number of anilines is 1. The highest BCUT2D eigenvalue weighted by atomic mass is 15.3. The van der Waals surface area contributed by atoms with Gasteiger partial charge in [0.1, 0.15) is 5.69 Å². The van der Waals surface area contributed by atoms with Crippen LogP contribution in [0, 0.1) is 18.3 Å². The van der Waals surface area contributed by atoms with Crippen molar-refractivity contribution in [2.24, 2.45) is 0 Å². The summed E-state index contributed by atoms with van der Waals surface area (Å²) < 4.78 is 2.01. The van der Waals surface area contributed by atoms with Gasteiger partial charge < -0.3 is 4.90 Å². The molecule has 0 unspecified atom stereocenters. The van der Waals surface area contributed by atoms with Crippen LogP contribution >= 0.6 is 0 Å². The lowest BCUT2D eigenvalue weighted by molar-refractivity contribution is 0.249. The molecule has 0 spiro atoms. The Labute approximate surface area is 177 Å². The maximum Gasteiger partial charge on any atom is 0.155 e. The van der Waals surface area contributed by atoms with E-state index in [1.807, 2.05) is 28.9 Å². The molecule has 0 aliphatic carbocycles. The molecule has 7 nitrogen and oxygen atoms in total. The first-order chi connectivity index (χ1) is 14.7. The van der Waals surface area contributed by atoms with Crippen molar-refractivity contribution in [2.45, 2.75) is 33.4 Å². The molecule has 1 fully saturated rings. The summed E-state index contributed by atoms with van der Waals surface area (Å²) in [5.74, 6) is 0.931. The lowest BCUT2D eigenvalue weighted by Crippen LogP contribution is -2.46. The fourth-order valence-electron chi connectivity index (χ4n) is 3.87.